The molecule has 1 aliphatic rings. The highest BCUT2D eigenvalue weighted by Crippen LogP contribution is 2.20. The van der Waals surface area contributed by atoms with E-state index < -0.39 is 5.97 Å². The molecule has 30 heavy (non-hydrogen) atoms. The van der Waals surface area contributed by atoms with E-state index in [1.54, 1.807) is 31.2 Å². The maximum atomic E-state index is 12.5. The number of amides is 1. The lowest BCUT2D eigenvalue weighted by atomic mass is 10.1. The highest BCUT2D eigenvalue weighted by atomic mass is 32.2. The minimum atomic E-state index is -0.487. The van der Waals surface area contributed by atoms with Crippen LogP contribution in [0.4, 0.5) is 5.69 Å². The third kappa shape index (κ3) is 5.48. The Kier molecular flexibility index (Phi) is 7.64. The van der Waals surface area contributed by atoms with E-state index in [0.29, 0.717) is 28.5 Å². The molecule has 0 atom stereocenters. The van der Waals surface area contributed by atoms with E-state index in [1.807, 2.05) is 0 Å². The van der Waals surface area contributed by atoms with E-state index in [9.17, 15) is 14.4 Å². The average molecular weight is 431 g/mol. The Labute approximate surface area is 179 Å². The molecule has 0 saturated heterocycles. The number of esters is 1. The zero-order chi connectivity index (χ0) is 21.5. The van der Waals surface area contributed by atoms with Crippen molar-refractivity contribution in [3.8, 4) is 0 Å². The fourth-order valence-corrected chi connectivity index (χ4v) is 4.01. The smallest absolute Gasteiger partial charge is 0.340 e. The van der Waals surface area contributed by atoms with Crippen LogP contribution in [0.3, 0.4) is 0 Å². The minimum Gasteiger partial charge on any atom is -0.462 e. The normalized spacial score (nSPS) is 13.5. The molecule has 8 nitrogen and oxygen atoms in total. The Morgan fingerprint density at radius 1 is 1.30 bits per heavy atom. The van der Waals surface area contributed by atoms with Crippen LogP contribution in [-0.4, -0.2) is 52.2 Å². The number of H-pyrrole nitrogens is 1. The molecule has 0 radical (unpaired) electrons. The number of thioether (sulfide) groups is 1. The Hall–Kier alpha value is -2.65. The number of benzene rings is 1. The van der Waals surface area contributed by atoms with Gasteiger partial charge in [-0.15, -0.1) is 0 Å². The van der Waals surface area contributed by atoms with Gasteiger partial charge in [0.15, 0.2) is 5.16 Å². The number of anilines is 1. The number of ether oxygens (including phenoxy) is 1. The van der Waals surface area contributed by atoms with Crippen LogP contribution in [0.2, 0.25) is 0 Å². The number of carbonyl (C=O) groups is 2. The molecule has 1 aromatic heterocycles. The first-order valence-corrected chi connectivity index (χ1v) is 11.0. The molecule has 1 aliphatic heterocycles. The summed E-state index contributed by atoms with van der Waals surface area (Å²) < 4.78 is 5.02. The van der Waals surface area contributed by atoms with Crippen molar-refractivity contribution in [2.24, 2.45) is 0 Å². The Balaban J connectivity index is 1.63. The van der Waals surface area contributed by atoms with Gasteiger partial charge in [-0.05, 0) is 32.0 Å². The van der Waals surface area contributed by atoms with Crippen molar-refractivity contribution in [3.05, 3.63) is 51.4 Å². The molecule has 2 N–H and O–H groups in total. The summed E-state index contributed by atoms with van der Waals surface area (Å²) >= 11 is 1.16. The number of hydrogen-bond acceptors (Lipinski definition) is 7. The van der Waals surface area contributed by atoms with Crippen molar-refractivity contribution in [1.29, 1.82) is 0 Å². The van der Waals surface area contributed by atoms with Gasteiger partial charge in [0.25, 0.3) is 5.56 Å². The molecule has 0 fully saturated rings. The summed E-state index contributed by atoms with van der Waals surface area (Å²) in [4.78, 5) is 46.5. The molecule has 0 aliphatic carbocycles. The lowest BCUT2D eigenvalue weighted by molar-refractivity contribution is -0.113. The number of para-hydroxylation sites is 1. The van der Waals surface area contributed by atoms with Gasteiger partial charge >= 0.3 is 5.97 Å². The zero-order valence-electron chi connectivity index (χ0n) is 17.2. The van der Waals surface area contributed by atoms with Gasteiger partial charge in [0, 0.05) is 19.5 Å². The number of aromatic amines is 1. The molecule has 1 aromatic carbocycles. The minimum absolute atomic E-state index is 0.0564. The van der Waals surface area contributed by atoms with Crippen molar-refractivity contribution in [1.82, 2.24) is 14.9 Å². The molecular weight excluding hydrogens is 404 g/mol. The highest BCUT2D eigenvalue weighted by molar-refractivity contribution is 7.99. The lowest BCUT2D eigenvalue weighted by Gasteiger charge is -2.27. The summed E-state index contributed by atoms with van der Waals surface area (Å²) in [6, 6.07) is 6.69. The van der Waals surface area contributed by atoms with Gasteiger partial charge in [0.2, 0.25) is 5.91 Å². The summed E-state index contributed by atoms with van der Waals surface area (Å²) in [6.45, 7) is 6.55. The van der Waals surface area contributed by atoms with Crippen LogP contribution in [0, 0.1) is 0 Å². The van der Waals surface area contributed by atoms with Crippen molar-refractivity contribution in [3.63, 3.8) is 0 Å². The Morgan fingerprint density at radius 2 is 2.10 bits per heavy atom. The second-order valence-corrected chi connectivity index (χ2v) is 7.89. The van der Waals surface area contributed by atoms with Gasteiger partial charge in [0.05, 0.1) is 34.9 Å². The third-order valence-corrected chi connectivity index (χ3v) is 5.58. The van der Waals surface area contributed by atoms with E-state index in [0.717, 1.165) is 43.4 Å². The second-order valence-electron chi connectivity index (χ2n) is 6.93. The van der Waals surface area contributed by atoms with Crippen molar-refractivity contribution in [2.75, 3.05) is 30.8 Å². The molecule has 2 heterocycles. The van der Waals surface area contributed by atoms with Crippen molar-refractivity contribution < 1.29 is 14.3 Å². The summed E-state index contributed by atoms with van der Waals surface area (Å²) in [5.41, 5.74) is 2.07. The van der Waals surface area contributed by atoms with Crippen LogP contribution in [0.15, 0.2) is 34.2 Å². The third-order valence-electron chi connectivity index (χ3n) is 4.70. The van der Waals surface area contributed by atoms with Gasteiger partial charge < -0.3 is 15.0 Å². The molecule has 0 unspecified atom stereocenters. The molecule has 1 amide bonds. The second kappa shape index (κ2) is 10.4. The van der Waals surface area contributed by atoms with E-state index in [4.69, 9.17) is 4.74 Å². The number of aromatic nitrogens is 2. The quantitative estimate of drug-likeness (QED) is 0.377. The fourth-order valence-electron chi connectivity index (χ4n) is 3.33. The number of nitrogens with one attached hydrogen (secondary N) is 2. The van der Waals surface area contributed by atoms with Crippen LogP contribution in [0.25, 0.3) is 0 Å². The van der Waals surface area contributed by atoms with E-state index in [2.05, 4.69) is 27.1 Å². The SMILES string of the molecule is CCCN1CCc2nc(SCC(=O)Nc3ccccc3C(=O)OCC)[nH]c(=O)c2C1. The van der Waals surface area contributed by atoms with Gasteiger partial charge in [0.1, 0.15) is 0 Å². The molecular formula is C21H26N4O4S. The fraction of sp³-hybridized carbons (Fsp3) is 0.429. The first kappa shape index (κ1) is 22.0. The van der Waals surface area contributed by atoms with Crippen LogP contribution in [0.1, 0.15) is 41.9 Å². The van der Waals surface area contributed by atoms with E-state index in [1.165, 1.54) is 0 Å². The topological polar surface area (TPSA) is 104 Å². The van der Waals surface area contributed by atoms with E-state index in [-0.39, 0.29) is 23.8 Å². The summed E-state index contributed by atoms with van der Waals surface area (Å²) in [5.74, 6) is -0.731. The molecule has 0 spiro atoms. The number of fused-ring (bicyclic) bond motifs is 1. The standard InChI is InChI=1S/C21H26N4O4S/c1-3-10-25-11-9-17-15(12-25)19(27)24-21(23-17)30-13-18(26)22-16-8-6-5-7-14(16)20(28)29-4-2/h5-8H,3-4,9-13H2,1-2H3,(H,22,26)(H,23,24,27). The predicted molar refractivity (Wildman–Crippen MR) is 116 cm³/mol. The molecule has 0 bridgehead atoms. The van der Waals surface area contributed by atoms with Crippen LogP contribution in [-0.2, 0) is 22.5 Å². The van der Waals surface area contributed by atoms with Gasteiger partial charge in [-0.1, -0.05) is 30.8 Å². The largest absolute Gasteiger partial charge is 0.462 e. The summed E-state index contributed by atoms with van der Waals surface area (Å²) in [5, 5.41) is 3.16. The Morgan fingerprint density at radius 3 is 2.87 bits per heavy atom. The average Bonchev–Trinajstić information content (AvgIpc) is 2.73. The molecule has 2 aromatic rings. The van der Waals surface area contributed by atoms with Gasteiger partial charge in [-0.3, -0.25) is 14.5 Å². The molecule has 3 rings (SSSR count). The molecule has 160 valence electrons. The van der Waals surface area contributed by atoms with Crippen LogP contribution < -0.4 is 10.9 Å². The highest BCUT2D eigenvalue weighted by Gasteiger charge is 2.21. The number of rotatable bonds is 8. The lowest BCUT2D eigenvalue weighted by Crippen LogP contribution is -2.36. The molecule has 0 saturated carbocycles. The van der Waals surface area contributed by atoms with Crippen LogP contribution in [0.5, 0.6) is 0 Å². The first-order valence-electron chi connectivity index (χ1n) is 10.0. The van der Waals surface area contributed by atoms with Crippen molar-refractivity contribution in [2.45, 2.75) is 38.4 Å². The maximum Gasteiger partial charge on any atom is 0.340 e. The number of nitrogens with zero attached hydrogens (tertiary/aromatic N) is 2. The maximum absolute atomic E-state index is 12.5. The van der Waals surface area contributed by atoms with Crippen molar-refractivity contribution >= 4 is 29.3 Å². The number of hydrogen-bond donors (Lipinski definition) is 2. The summed E-state index contributed by atoms with van der Waals surface area (Å²) in [7, 11) is 0. The summed E-state index contributed by atoms with van der Waals surface area (Å²) in [6.07, 6.45) is 1.77. The van der Waals surface area contributed by atoms with Crippen LogP contribution >= 0.6 is 11.8 Å². The van der Waals surface area contributed by atoms with E-state index >= 15 is 0 Å². The first-order chi connectivity index (χ1) is 14.5. The number of carbonyl (C=O) groups excluding carboxylic acids is 2. The molecule has 9 heteroatoms. The predicted octanol–water partition coefficient (Wildman–Crippen LogP) is 2.45. The van der Waals surface area contributed by atoms with Gasteiger partial charge in [-0.25, -0.2) is 9.78 Å². The monoisotopic (exact) mass is 430 g/mol. The van der Waals surface area contributed by atoms with Gasteiger partial charge in [-0.2, -0.15) is 0 Å². The Bertz CT molecular complexity index is 976. The zero-order valence-corrected chi connectivity index (χ0v) is 18.0.